The summed E-state index contributed by atoms with van der Waals surface area (Å²) in [6.07, 6.45) is 8.00. The average Bonchev–Trinajstić information content (AvgIpc) is 2.74. The molecule has 0 saturated heterocycles. The zero-order chi connectivity index (χ0) is 14.5. The Morgan fingerprint density at radius 3 is 2.40 bits per heavy atom. The number of nitrogens with zero attached hydrogens (tertiary/aromatic N) is 1. The maximum atomic E-state index is 6.18. The molecule has 3 heteroatoms. The summed E-state index contributed by atoms with van der Waals surface area (Å²) in [7, 11) is 3.92. The molecule has 1 aromatic carbocycles. The summed E-state index contributed by atoms with van der Waals surface area (Å²) in [6, 6.07) is 6.85. The lowest BCUT2D eigenvalue weighted by Crippen LogP contribution is -2.32. The normalized spacial score (nSPS) is 18.4. The third kappa shape index (κ3) is 3.26. The SMILES string of the molecule is COc1cccc(N(C)C2CCCCCC2)c1[C@H](C)N. The van der Waals surface area contributed by atoms with Gasteiger partial charge < -0.3 is 15.4 Å². The molecule has 0 aromatic heterocycles. The van der Waals surface area contributed by atoms with E-state index in [4.69, 9.17) is 10.5 Å². The van der Waals surface area contributed by atoms with E-state index in [1.165, 1.54) is 44.2 Å². The van der Waals surface area contributed by atoms with Crippen molar-refractivity contribution >= 4 is 5.69 Å². The summed E-state index contributed by atoms with van der Waals surface area (Å²) in [6.45, 7) is 2.03. The fourth-order valence-corrected chi connectivity index (χ4v) is 3.32. The van der Waals surface area contributed by atoms with Gasteiger partial charge in [-0.1, -0.05) is 31.7 Å². The van der Waals surface area contributed by atoms with Crippen LogP contribution in [0.3, 0.4) is 0 Å². The molecule has 20 heavy (non-hydrogen) atoms. The largest absolute Gasteiger partial charge is 0.496 e. The minimum Gasteiger partial charge on any atom is -0.496 e. The van der Waals surface area contributed by atoms with Crippen molar-refractivity contribution in [3.05, 3.63) is 23.8 Å². The molecule has 0 spiro atoms. The molecule has 2 N–H and O–H groups in total. The van der Waals surface area contributed by atoms with E-state index in [2.05, 4.69) is 24.1 Å². The summed E-state index contributed by atoms with van der Waals surface area (Å²) < 4.78 is 5.50. The van der Waals surface area contributed by atoms with Crippen molar-refractivity contribution in [3.63, 3.8) is 0 Å². The van der Waals surface area contributed by atoms with Gasteiger partial charge in [-0.25, -0.2) is 0 Å². The second-order valence-electron chi connectivity index (χ2n) is 5.94. The maximum absolute atomic E-state index is 6.18. The predicted molar refractivity (Wildman–Crippen MR) is 85.5 cm³/mol. The lowest BCUT2D eigenvalue weighted by molar-refractivity contribution is 0.406. The van der Waals surface area contributed by atoms with Crippen molar-refractivity contribution in [2.45, 2.75) is 57.5 Å². The standard InChI is InChI=1S/C17H28N2O/c1-13(18)17-15(11-8-12-16(17)20-3)19(2)14-9-6-4-5-7-10-14/h8,11-14H,4-7,9-10,18H2,1-3H3/t13-/m0/s1. The molecule has 0 amide bonds. The first-order chi connectivity index (χ1) is 9.65. The van der Waals surface area contributed by atoms with Gasteiger partial charge in [-0.3, -0.25) is 0 Å². The number of methoxy groups -OCH3 is 1. The van der Waals surface area contributed by atoms with Gasteiger partial charge in [0, 0.05) is 30.4 Å². The Morgan fingerprint density at radius 2 is 1.85 bits per heavy atom. The van der Waals surface area contributed by atoms with Crippen molar-refractivity contribution in [2.75, 3.05) is 19.1 Å². The average molecular weight is 276 g/mol. The molecule has 0 bridgehead atoms. The lowest BCUT2D eigenvalue weighted by Gasteiger charge is -2.32. The van der Waals surface area contributed by atoms with Gasteiger partial charge >= 0.3 is 0 Å². The Hall–Kier alpha value is -1.22. The first-order valence-electron chi connectivity index (χ1n) is 7.80. The second kappa shape index (κ2) is 6.98. The number of anilines is 1. The van der Waals surface area contributed by atoms with Crippen LogP contribution >= 0.6 is 0 Å². The molecular formula is C17H28N2O. The van der Waals surface area contributed by atoms with Gasteiger partial charge in [0.2, 0.25) is 0 Å². The summed E-state index contributed by atoms with van der Waals surface area (Å²) in [4.78, 5) is 2.42. The highest BCUT2D eigenvalue weighted by atomic mass is 16.5. The molecule has 1 fully saturated rings. The number of hydrogen-bond acceptors (Lipinski definition) is 3. The van der Waals surface area contributed by atoms with E-state index >= 15 is 0 Å². The summed E-state index contributed by atoms with van der Waals surface area (Å²) >= 11 is 0. The molecule has 3 nitrogen and oxygen atoms in total. The molecule has 1 saturated carbocycles. The zero-order valence-corrected chi connectivity index (χ0v) is 13.1. The number of ether oxygens (including phenoxy) is 1. The van der Waals surface area contributed by atoms with Crippen LogP contribution in [-0.4, -0.2) is 20.2 Å². The Bertz CT molecular complexity index is 423. The van der Waals surface area contributed by atoms with Crippen LogP contribution in [0, 0.1) is 0 Å². The van der Waals surface area contributed by atoms with Crippen molar-refractivity contribution in [1.82, 2.24) is 0 Å². The van der Waals surface area contributed by atoms with E-state index in [1.54, 1.807) is 7.11 Å². The summed E-state index contributed by atoms with van der Waals surface area (Å²) in [5, 5.41) is 0. The molecular weight excluding hydrogens is 248 g/mol. The van der Waals surface area contributed by atoms with Crippen LogP contribution < -0.4 is 15.4 Å². The number of benzene rings is 1. The van der Waals surface area contributed by atoms with Gasteiger partial charge in [0.05, 0.1) is 7.11 Å². The van der Waals surface area contributed by atoms with Crippen LogP contribution in [-0.2, 0) is 0 Å². The lowest BCUT2D eigenvalue weighted by atomic mass is 10.0. The minimum atomic E-state index is -0.0191. The van der Waals surface area contributed by atoms with E-state index in [1.807, 2.05) is 13.0 Å². The topological polar surface area (TPSA) is 38.5 Å². The van der Waals surface area contributed by atoms with Crippen molar-refractivity contribution in [3.8, 4) is 5.75 Å². The van der Waals surface area contributed by atoms with Crippen molar-refractivity contribution < 1.29 is 4.74 Å². The Labute approximate surface area is 123 Å². The van der Waals surface area contributed by atoms with E-state index < -0.39 is 0 Å². The van der Waals surface area contributed by atoms with Crippen LogP contribution in [0.4, 0.5) is 5.69 Å². The van der Waals surface area contributed by atoms with Gasteiger partial charge in [-0.05, 0) is 31.9 Å². The van der Waals surface area contributed by atoms with Gasteiger partial charge in [-0.15, -0.1) is 0 Å². The monoisotopic (exact) mass is 276 g/mol. The van der Waals surface area contributed by atoms with Gasteiger partial charge in [0.25, 0.3) is 0 Å². The molecule has 1 aromatic rings. The Kier molecular flexibility index (Phi) is 5.30. The fourth-order valence-electron chi connectivity index (χ4n) is 3.32. The molecule has 112 valence electrons. The van der Waals surface area contributed by atoms with E-state index in [9.17, 15) is 0 Å². The van der Waals surface area contributed by atoms with Crippen LogP contribution in [0.15, 0.2) is 18.2 Å². The van der Waals surface area contributed by atoms with E-state index in [0.717, 1.165) is 11.3 Å². The molecule has 1 aliphatic rings. The molecule has 0 heterocycles. The highest BCUT2D eigenvalue weighted by Gasteiger charge is 2.22. The molecule has 0 unspecified atom stereocenters. The first kappa shape index (κ1) is 15.2. The molecule has 0 radical (unpaired) electrons. The van der Waals surface area contributed by atoms with Crippen LogP contribution in [0.25, 0.3) is 0 Å². The minimum absolute atomic E-state index is 0.0191. The maximum Gasteiger partial charge on any atom is 0.125 e. The van der Waals surface area contributed by atoms with Crippen molar-refractivity contribution in [2.24, 2.45) is 5.73 Å². The Balaban J connectivity index is 2.30. The molecule has 1 atom stereocenters. The molecule has 2 rings (SSSR count). The third-order valence-corrected chi connectivity index (χ3v) is 4.47. The highest BCUT2D eigenvalue weighted by Crippen LogP contribution is 2.35. The smallest absolute Gasteiger partial charge is 0.125 e. The van der Waals surface area contributed by atoms with Gasteiger partial charge in [0.1, 0.15) is 5.75 Å². The van der Waals surface area contributed by atoms with Crippen molar-refractivity contribution in [1.29, 1.82) is 0 Å². The zero-order valence-electron chi connectivity index (χ0n) is 13.1. The van der Waals surface area contributed by atoms with Gasteiger partial charge in [-0.2, -0.15) is 0 Å². The summed E-state index contributed by atoms with van der Waals surface area (Å²) in [5.41, 5.74) is 8.54. The third-order valence-electron chi connectivity index (χ3n) is 4.47. The van der Waals surface area contributed by atoms with Crippen LogP contribution in [0.5, 0.6) is 5.75 Å². The second-order valence-corrected chi connectivity index (χ2v) is 5.94. The summed E-state index contributed by atoms with van der Waals surface area (Å²) in [5.74, 6) is 0.901. The predicted octanol–water partition coefficient (Wildman–Crippen LogP) is 3.87. The fraction of sp³-hybridized carbons (Fsp3) is 0.647. The quantitative estimate of drug-likeness (QED) is 0.848. The first-order valence-corrected chi connectivity index (χ1v) is 7.80. The van der Waals surface area contributed by atoms with Gasteiger partial charge in [0.15, 0.2) is 0 Å². The molecule has 0 aliphatic heterocycles. The van der Waals surface area contributed by atoms with Crippen LogP contribution in [0.2, 0.25) is 0 Å². The number of hydrogen-bond donors (Lipinski definition) is 1. The van der Waals surface area contributed by atoms with E-state index in [0.29, 0.717) is 6.04 Å². The molecule has 1 aliphatic carbocycles. The Morgan fingerprint density at radius 1 is 1.20 bits per heavy atom. The number of rotatable bonds is 4. The van der Waals surface area contributed by atoms with Crippen LogP contribution in [0.1, 0.15) is 57.1 Å². The highest BCUT2D eigenvalue weighted by molar-refractivity contribution is 5.61. The van der Waals surface area contributed by atoms with E-state index in [-0.39, 0.29) is 6.04 Å². The number of nitrogens with two attached hydrogens (primary N) is 1.